The summed E-state index contributed by atoms with van der Waals surface area (Å²) >= 11 is 0. The van der Waals surface area contributed by atoms with Crippen molar-refractivity contribution in [1.82, 2.24) is 9.78 Å². The Balaban J connectivity index is 2.19. The number of halogens is 4. The van der Waals surface area contributed by atoms with Gasteiger partial charge >= 0.3 is 0 Å². The molecule has 1 aromatic carbocycles. The summed E-state index contributed by atoms with van der Waals surface area (Å²) in [5.41, 5.74) is -0.427. The minimum atomic E-state index is -1.45. The molecule has 114 valence electrons. The topological polar surface area (TPSA) is 29.9 Å². The van der Waals surface area contributed by atoms with Crippen LogP contribution in [0.5, 0.6) is 0 Å². The third kappa shape index (κ3) is 3.17. The zero-order chi connectivity index (χ0) is 15.8. The standard InChI is InChI=1S/C14H15F4N3/c1-14(2,3)21-7-8(6-20-21)5-19-13-11(17)9(15)4-10(16)12(13)18/h4,6-7,19H,5H2,1-3H3. The van der Waals surface area contributed by atoms with Crippen molar-refractivity contribution in [3.8, 4) is 0 Å². The van der Waals surface area contributed by atoms with Gasteiger partial charge in [-0.25, -0.2) is 17.6 Å². The highest BCUT2D eigenvalue weighted by Crippen LogP contribution is 2.24. The molecule has 3 nitrogen and oxygen atoms in total. The molecule has 0 aliphatic heterocycles. The van der Waals surface area contributed by atoms with Crippen molar-refractivity contribution in [2.45, 2.75) is 32.9 Å². The molecular formula is C14H15F4N3. The summed E-state index contributed by atoms with van der Waals surface area (Å²) in [4.78, 5) is 0. The van der Waals surface area contributed by atoms with Crippen molar-refractivity contribution >= 4 is 5.69 Å². The van der Waals surface area contributed by atoms with Gasteiger partial charge in [0.25, 0.3) is 0 Å². The molecule has 0 unspecified atom stereocenters. The number of rotatable bonds is 3. The van der Waals surface area contributed by atoms with E-state index in [0.717, 1.165) is 0 Å². The average Bonchev–Trinajstić information content (AvgIpc) is 2.85. The lowest BCUT2D eigenvalue weighted by atomic mass is 10.1. The minimum absolute atomic E-state index is 0.00713. The number of nitrogens with one attached hydrogen (secondary N) is 1. The fourth-order valence-electron chi connectivity index (χ4n) is 1.74. The zero-order valence-electron chi connectivity index (χ0n) is 11.8. The highest BCUT2D eigenvalue weighted by Gasteiger charge is 2.19. The Hall–Kier alpha value is -2.05. The van der Waals surface area contributed by atoms with Gasteiger partial charge in [0, 0.05) is 24.4 Å². The van der Waals surface area contributed by atoms with E-state index >= 15 is 0 Å². The van der Waals surface area contributed by atoms with Gasteiger partial charge in [0.1, 0.15) is 5.69 Å². The molecule has 1 aromatic heterocycles. The second-order valence-corrected chi connectivity index (χ2v) is 5.66. The molecule has 0 saturated heterocycles. The van der Waals surface area contributed by atoms with Gasteiger partial charge in [-0.3, -0.25) is 4.68 Å². The lowest BCUT2D eigenvalue weighted by Gasteiger charge is -2.18. The van der Waals surface area contributed by atoms with Crippen LogP contribution in [0.4, 0.5) is 23.2 Å². The predicted molar refractivity (Wildman–Crippen MR) is 70.8 cm³/mol. The van der Waals surface area contributed by atoms with E-state index in [0.29, 0.717) is 5.56 Å². The van der Waals surface area contributed by atoms with E-state index in [1.807, 2.05) is 20.8 Å². The Morgan fingerprint density at radius 1 is 1.10 bits per heavy atom. The Bertz CT molecular complexity index is 633. The lowest BCUT2D eigenvalue weighted by molar-refractivity contribution is 0.355. The summed E-state index contributed by atoms with van der Waals surface area (Å²) in [7, 11) is 0. The van der Waals surface area contributed by atoms with E-state index < -0.39 is 29.0 Å². The molecule has 0 bridgehead atoms. The Labute approximate surface area is 119 Å². The normalized spacial score (nSPS) is 11.8. The van der Waals surface area contributed by atoms with Crippen LogP contribution in [0.1, 0.15) is 26.3 Å². The maximum absolute atomic E-state index is 13.5. The van der Waals surface area contributed by atoms with E-state index in [2.05, 4.69) is 10.4 Å². The van der Waals surface area contributed by atoms with Gasteiger partial charge < -0.3 is 5.32 Å². The Morgan fingerprint density at radius 2 is 1.67 bits per heavy atom. The number of aromatic nitrogens is 2. The summed E-state index contributed by atoms with van der Waals surface area (Å²) in [5.74, 6) is -5.78. The van der Waals surface area contributed by atoms with E-state index in [9.17, 15) is 17.6 Å². The van der Waals surface area contributed by atoms with Crippen molar-refractivity contribution in [3.63, 3.8) is 0 Å². The van der Waals surface area contributed by atoms with Gasteiger partial charge in [-0.1, -0.05) is 0 Å². The third-order valence-corrected chi connectivity index (χ3v) is 2.90. The molecule has 1 N–H and O–H groups in total. The quantitative estimate of drug-likeness (QED) is 0.690. The molecule has 0 aliphatic carbocycles. The number of benzene rings is 1. The summed E-state index contributed by atoms with van der Waals surface area (Å²) in [6, 6.07) is 0.174. The highest BCUT2D eigenvalue weighted by atomic mass is 19.2. The van der Waals surface area contributed by atoms with Gasteiger partial charge in [0.15, 0.2) is 23.3 Å². The Morgan fingerprint density at radius 3 is 2.14 bits per heavy atom. The largest absolute Gasteiger partial charge is 0.376 e. The molecule has 0 saturated carbocycles. The molecule has 1 heterocycles. The van der Waals surface area contributed by atoms with Crippen molar-refractivity contribution in [2.24, 2.45) is 0 Å². The third-order valence-electron chi connectivity index (χ3n) is 2.90. The van der Waals surface area contributed by atoms with Crippen molar-refractivity contribution in [3.05, 3.63) is 47.3 Å². The first kappa shape index (κ1) is 15.3. The second-order valence-electron chi connectivity index (χ2n) is 5.66. The smallest absolute Gasteiger partial charge is 0.185 e. The maximum atomic E-state index is 13.5. The summed E-state index contributed by atoms with van der Waals surface area (Å²) in [6.07, 6.45) is 3.21. The average molecular weight is 301 g/mol. The summed E-state index contributed by atoms with van der Waals surface area (Å²) < 4.78 is 54.8. The predicted octanol–water partition coefficient (Wildman–Crippen LogP) is 3.81. The molecule has 0 spiro atoms. The number of nitrogens with zero attached hydrogens (tertiary/aromatic N) is 2. The number of hydrogen-bond donors (Lipinski definition) is 1. The van der Waals surface area contributed by atoms with Crippen LogP contribution in [-0.4, -0.2) is 9.78 Å². The van der Waals surface area contributed by atoms with Crippen molar-refractivity contribution in [2.75, 3.05) is 5.32 Å². The summed E-state index contributed by atoms with van der Waals surface area (Å²) in [5, 5.41) is 6.48. The van der Waals surface area contributed by atoms with Gasteiger partial charge in [0.2, 0.25) is 0 Å². The molecule has 0 atom stereocenters. The van der Waals surface area contributed by atoms with Gasteiger partial charge in [-0.15, -0.1) is 0 Å². The second kappa shape index (κ2) is 5.38. The monoisotopic (exact) mass is 301 g/mol. The molecule has 21 heavy (non-hydrogen) atoms. The number of hydrogen-bond acceptors (Lipinski definition) is 2. The molecule has 0 aliphatic rings. The molecule has 0 radical (unpaired) electrons. The summed E-state index contributed by atoms with van der Waals surface area (Å²) in [6.45, 7) is 5.82. The molecule has 0 amide bonds. The van der Waals surface area contributed by atoms with Gasteiger partial charge in [-0.2, -0.15) is 5.10 Å². The highest BCUT2D eigenvalue weighted by molar-refractivity contribution is 5.47. The SMILES string of the molecule is CC(C)(C)n1cc(CNc2c(F)c(F)cc(F)c2F)cn1. The van der Waals surface area contributed by atoms with E-state index in [1.165, 1.54) is 6.20 Å². The Kier molecular flexibility index (Phi) is 3.93. The molecular weight excluding hydrogens is 286 g/mol. The van der Waals surface area contributed by atoms with Crippen molar-refractivity contribution in [1.29, 1.82) is 0 Å². The zero-order valence-corrected chi connectivity index (χ0v) is 11.8. The first-order chi connectivity index (χ1) is 9.70. The molecule has 0 fully saturated rings. The van der Waals surface area contributed by atoms with Crippen LogP contribution in [0.3, 0.4) is 0 Å². The van der Waals surface area contributed by atoms with Crippen LogP contribution in [0.15, 0.2) is 18.5 Å². The number of anilines is 1. The fraction of sp³-hybridized carbons (Fsp3) is 0.357. The van der Waals surface area contributed by atoms with Gasteiger partial charge in [0.05, 0.1) is 11.7 Å². The van der Waals surface area contributed by atoms with Crippen LogP contribution >= 0.6 is 0 Å². The molecule has 7 heteroatoms. The van der Waals surface area contributed by atoms with Crippen molar-refractivity contribution < 1.29 is 17.6 Å². The lowest BCUT2D eigenvalue weighted by Crippen LogP contribution is -2.22. The van der Waals surface area contributed by atoms with Crippen LogP contribution in [0.25, 0.3) is 0 Å². The maximum Gasteiger partial charge on any atom is 0.185 e. The van der Waals surface area contributed by atoms with E-state index in [4.69, 9.17) is 0 Å². The molecule has 2 rings (SSSR count). The first-order valence-corrected chi connectivity index (χ1v) is 6.31. The van der Waals surface area contributed by atoms with E-state index in [-0.39, 0.29) is 18.2 Å². The van der Waals surface area contributed by atoms with Crippen LogP contribution in [0, 0.1) is 23.3 Å². The van der Waals surface area contributed by atoms with Crippen LogP contribution in [0.2, 0.25) is 0 Å². The van der Waals surface area contributed by atoms with E-state index in [1.54, 1.807) is 10.9 Å². The first-order valence-electron chi connectivity index (χ1n) is 6.31. The minimum Gasteiger partial charge on any atom is -0.376 e. The molecule has 2 aromatic rings. The van der Waals surface area contributed by atoms with Gasteiger partial charge in [-0.05, 0) is 20.8 Å². The fourth-order valence-corrected chi connectivity index (χ4v) is 1.74. The van der Waals surface area contributed by atoms with Crippen LogP contribution in [-0.2, 0) is 12.1 Å². The van der Waals surface area contributed by atoms with Crippen LogP contribution < -0.4 is 5.32 Å².